The summed E-state index contributed by atoms with van der Waals surface area (Å²) < 4.78 is 15.3. The summed E-state index contributed by atoms with van der Waals surface area (Å²) in [5, 5.41) is 16.7. The summed E-state index contributed by atoms with van der Waals surface area (Å²) in [6.07, 6.45) is 1.06. The number of nitrogens with two attached hydrogens (primary N) is 1. The normalized spacial score (nSPS) is 10.5. The number of nitrogens with zero attached hydrogens (tertiary/aromatic N) is 3. The second kappa shape index (κ2) is 8.67. The van der Waals surface area contributed by atoms with E-state index in [-0.39, 0.29) is 17.5 Å². The molecule has 0 aliphatic carbocycles. The molecule has 142 valence electrons. The zero-order chi connectivity index (χ0) is 20.1. The second-order valence-electron chi connectivity index (χ2n) is 6.05. The Labute approximate surface area is 169 Å². The quantitative estimate of drug-likeness (QED) is 0.571. The van der Waals surface area contributed by atoms with E-state index in [1.807, 2.05) is 6.07 Å². The van der Waals surface area contributed by atoms with Crippen LogP contribution in [-0.4, -0.2) is 22.2 Å². The number of carbonyl (C=O) groups excluding carboxylic acids is 1. The SMILES string of the molecule is N#Cc1c(CCCNC(=O)c2ccccc2Br)nn(-c2ccc(F)cc2)c1N. The second-order valence-corrected chi connectivity index (χ2v) is 6.90. The van der Waals surface area contributed by atoms with Gasteiger partial charge in [0.1, 0.15) is 23.3 Å². The van der Waals surface area contributed by atoms with Gasteiger partial charge in [-0.25, -0.2) is 9.07 Å². The number of halogens is 2. The molecule has 0 unspecified atom stereocenters. The number of amides is 1. The molecule has 0 aliphatic rings. The summed E-state index contributed by atoms with van der Waals surface area (Å²) in [7, 11) is 0. The first-order valence-corrected chi connectivity index (χ1v) is 9.36. The van der Waals surface area contributed by atoms with Gasteiger partial charge in [-0.3, -0.25) is 4.79 Å². The Hall–Kier alpha value is -3.18. The summed E-state index contributed by atoms with van der Waals surface area (Å²) in [4.78, 5) is 12.2. The van der Waals surface area contributed by atoms with Crippen molar-refractivity contribution in [1.29, 1.82) is 5.26 Å². The molecule has 0 atom stereocenters. The van der Waals surface area contributed by atoms with Crippen molar-refractivity contribution in [2.75, 3.05) is 12.3 Å². The van der Waals surface area contributed by atoms with Crippen molar-refractivity contribution in [2.24, 2.45) is 0 Å². The fourth-order valence-corrected chi connectivity index (χ4v) is 3.22. The molecule has 0 bridgehead atoms. The first kappa shape index (κ1) is 19.6. The lowest BCUT2D eigenvalue weighted by Gasteiger charge is -2.06. The molecule has 0 saturated carbocycles. The number of nitrogens with one attached hydrogen (secondary N) is 1. The van der Waals surface area contributed by atoms with Gasteiger partial charge in [-0.15, -0.1) is 0 Å². The lowest BCUT2D eigenvalue weighted by atomic mass is 10.1. The molecule has 0 fully saturated rings. The predicted octanol–water partition coefficient (Wildman–Crippen LogP) is 3.59. The maximum atomic E-state index is 13.1. The minimum Gasteiger partial charge on any atom is -0.382 e. The van der Waals surface area contributed by atoms with Gasteiger partial charge < -0.3 is 11.1 Å². The summed E-state index contributed by atoms with van der Waals surface area (Å²) in [5.74, 6) is -0.332. The minimum absolute atomic E-state index is 0.177. The van der Waals surface area contributed by atoms with E-state index in [4.69, 9.17) is 5.73 Å². The van der Waals surface area contributed by atoms with Crippen LogP contribution in [-0.2, 0) is 6.42 Å². The van der Waals surface area contributed by atoms with Crippen molar-refractivity contribution in [2.45, 2.75) is 12.8 Å². The van der Waals surface area contributed by atoms with E-state index in [2.05, 4.69) is 32.4 Å². The highest BCUT2D eigenvalue weighted by Crippen LogP contribution is 2.22. The molecule has 8 heteroatoms. The molecule has 28 heavy (non-hydrogen) atoms. The van der Waals surface area contributed by atoms with Crippen LogP contribution in [0.2, 0.25) is 0 Å². The third-order valence-corrected chi connectivity index (χ3v) is 4.86. The Bertz CT molecular complexity index is 1040. The number of anilines is 1. The Morgan fingerprint density at radius 3 is 2.64 bits per heavy atom. The maximum absolute atomic E-state index is 13.1. The molecule has 3 rings (SSSR count). The highest BCUT2D eigenvalue weighted by Gasteiger charge is 2.16. The standard InChI is InChI=1S/C20H17BrFN5O/c21-17-5-2-1-4-15(17)20(28)25-11-3-6-18-16(12-23)19(24)27(26-18)14-9-7-13(22)8-10-14/h1-2,4-5,7-10H,3,6,11,24H2,(H,25,28). The first-order chi connectivity index (χ1) is 13.5. The third-order valence-electron chi connectivity index (χ3n) is 4.17. The van der Waals surface area contributed by atoms with Gasteiger partial charge >= 0.3 is 0 Å². The zero-order valence-corrected chi connectivity index (χ0v) is 16.4. The Balaban J connectivity index is 1.65. The van der Waals surface area contributed by atoms with Crippen molar-refractivity contribution in [1.82, 2.24) is 15.1 Å². The van der Waals surface area contributed by atoms with Gasteiger partial charge in [0.05, 0.1) is 16.9 Å². The van der Waals surface area contributed by atoms with E-state index in [0.717, 1.165) is 4.47 Å². The van der Waals surface area contributed by atoms with E-state index in [1.54, 1.807) is 30.3 Å². The number of aromatic nitrogens is 2. The fraction of sp³-hybridized carbons (Fsp3) is 0.150. The molecule has 1 amide bonds. The average Bonchev–Trinajstić information content (AvgIpc) is 3.01. The summed E-state index contributed by atoms with van der Waals surface area (Å²) in [5.41, 5.74) is 8.01. The molecule has 0 saturated heterocycles. The Kier molecular flexibility index (Phi) is 6.06. The lowest BCUT2D eigenvalue weighted by Crippen LogP contribution is -2.25. The predicted molar refractivity (Wildman–Crippen MR) is 107 cm³/mol. The number of aryl methyl sites for hydroxylation is 1. The van der Waals surface area contributed by atoms with Crippen molar-refractivity contribution < 1.29 is 9.18 Å². The van der Waals surface area contributed by atoms with Crippen LogP contribution in [0.15, 0.2) is 53.0 Å². The van der Waals surface area contributed by atoms with Crippen LogP contribution in [0.5, 0.6) is 0 Å². The molecule has 1 aromatic heterocycles. The van der Waals surface area contributed by atoms with Crippen molar-refractivity contribution in [3.63, 3.8) is 0 Å². The average molecular weight is 442 g/mol. The van der Waals surface area contributed by atoms with Crippen molar-refractivity contribution >= 4 is 27.7 Å². The number of nitrogen functional groups attached to an aromatic ring is 1. The molecule has 0 spiro atoms. The van der Waals surface area contributed by atoms with Gasteiger partial charge in [-0.1, -0.05) is 12.1 Å². The van der Waals surface area contributed by atoms with Gasteiger partial charge in [0.25, 0.3) is 5.91 Å². The van der Waals surface area contributed by atoms with Crippen LogP contribution in [0.4, 0.5) is 10.2 Å². The topological polar surface area (TPSA) is 96.7 Å². The van der Waals surface area contributed by atoms with Crippen molar-refractivity contribution in [3.8, 4) is 11.8 Å². The number of hydrogen-bond acceptors (Lipinski definition) is 4. The molecular weight excluding hydrogens is 425 g/mol. The highest BCUT2D eigenvalue weighted by atomic mass is 79.9. The van der Waals surface area contributed by atoms with E-state index in [1.165, 1.54) is 16.8 Å². The van der Waals surface area contributed by atoms with Crippen molar-refractivity contribution in [3.05, 3.63) is 75.6 Å². The Morgan fingerprint density at radius 1 is 1.25 bits per heavy atom. The first-order valence-electron chi connectivity index (χ1n) is 8.57. The van der Waals surface area contributed by atoms with Crippen LogP contribution >= 0.6 is 15.9 Å². The molecule has 2 aromatic carbocycles. The van der Waals surface area contributed by atoms with Crippen LogP contribution in [0.1, 0.15) is 28.0 Å². The molecule has 0 aliphatic heterocycles. The van der Waals surface area contributed by atoms with Gasteiger partial charge in [-0.2, -0.15) is 10.4 Å². The molecule has 0 radical (unpaired) electrons. The summed E-state index contributed by atoms with van der Waals surface area (Å²) in [6, 6.07) is 14.9. The maximum Gasteiger partial charge on any atom is 0.252 e. The summed E-state index contributed by atoms with van der Waals surface area (Å²) >= 11 is 3.35. The lowest BCUT2D eigenvalue weighted by molar-refractivity contribution is 0.0952. The monoisotopic (exact) mass is 441 g/mol. The number of rotatable bonds is 6. The number of hydrogen-bond donors (Lipinski definition) is 2. The number of nitriles is 1. The smallest absolute Gasteiger partial charge is 0.252 e. The zero-order valence-electron chi connectivity index (χ0n) is 14.8. The molecular formula is C20H17BrFN5O. The van der Waals surface area contributed by atoms with E-state index >= 15 is 0 Å². The number of benzene rings is 2. The van der Waals surface area contributed by atoms with E-state index in [0.29, 0.717) is 41.9 Å². The Morgan fingerprint density at radius 2 is 1.96 bits per heavy atom. The van der Waals surface area contributed by atoms with Crippen LogP contribution in [0.25, 0.3) is 5.69 Å². The van der Waals surface area contributed by atoms with Crippen LogP contribution in [0, 0.1) is 17.1 Å². The third kappa shape index (κ3) is 4.21. The van der Waals surface area contributed by atoms with Gasteiger partial charge in [0, 0.05) is 11.0 Å². The molecule has 3 aromatic rings. The minimum atomic E-state index is -0.365. The van der Waals surface area contributed by atoms with Gasteiger partial charge in [0.2, 0.25) is 0 Å². The number of carbonyl (C=O) groups is 1. The molecule has 6 nitrogen and oxygen atoms in total. The largest absolute Gasteiger partial charge is 0.382 e. The fourth-order valence-electron chi connectivity index (χ4n) is 2.75. The molecule has 1 heterocycles. The molecule has 3 N–H and O–H groups in total. The van der Waals surface area contributed by atoms with Gasteiger partial charge in [-0.05, 0) is 65.2 Å². The van der Waals surface area contributed by atoms with E-state index < -0.39 is 0 Å². The van der Waals surface area contributed by atoms with Gasteiger partial charge in [0.15, 0.2) is 0 Å². The van der Waals surface area contributed by atoms with Crippen LogP contribution < -0.4 is 11.1 Å². The highest BCUT2D eigenvalue weighted by molar-refractivity contribution is 9.10. The summed E-state index contributed by atoms with van der Waals surface area (Å²) in [6.45, 7) is 0.425. The van der Waals surface area contributed by atoms with E-state index in [9.17, 15) is 14.4 Å². The van der Waals surface area contributed by atoms with Crippen LogP contribution in [0.3, 0.4) is 0 Å².